The zero-order valence-electron chi connectivity index (χ0n) is 26.1. The van der Waals surface area contributed by atoms with E-state index in [0.717, 1.165) is 36.3 Å². The predicted molar refractivity (Wildman–Crippen MR) is 164 cm³/mol. The van der Waals surface area contributed by atoms with E-state index >= 15 is 8.78 Å². The molecule has 1 amide bonds. The third kappa shape index (κ3) is 8.12. The molecule has 0 unspecified atom stereocenters. The Labute approximate surface area is 277 Å². The Bertz CT molecular complexity index is 1840. The van der Waals surface area contributed by atoms with Crippen LogP contribution in [0.5, 0.6) is 5.75 Å². The van der Waals surface area contributed by atoms with Gasteiger partial charge in [-0.1, -0.05) is 18.5 Å². The molecule has 260 valence electrons. The van der Waals surface area contributed by atoms with Crippen LogP contribution in [0.1, 0.15) is 45.7 Å². The lowest BCUT2D eigenvalue weighted by atomic mass is 9.74. The molecule has 1 saturated heterocycles. The molecule has 0 bridgehead atoms. The fourth-order valence-corrected chi connectivity index (χ4v) is 5.86. The number of rotatable bonds is 16. The molecule has 1 fully saturated rings. The fraction of sp³-hybridized carbons (Fsp3) is 0.429. The second kappa shape index (κ2) is 14.3. The highest BCUT2D eigenvalue weighted by atomic mass is 32.3. The van der Waals surface area contributed by atoms with Crippen LogP contribution in [0.2, 0.25) is 0 Å². The number of carboxylic acid groups (broad SMARTS) is 1. The summed E-state index contributed by atoms with van der Waals surface area (Å²) in [6.07, 6.45) is 2.53. The lowest BCUT2D eigenvalue weighted by Gasteiger charge is -2.50. The van der Waals surface area contributed by atoms with Gasteiger partial charge in [0.05, 0.1) is 35.3 Å². The van der Waals surface area contributed by atoms with Gasteiger partial charge in [-0.15, -0.1) is 20.3 Å². The van der Waals surface area contributed by atoms with Crippen molar-refractivity contribution in [2.24, 2.45) is 18.1 Å². The average molecular weight is 716 g/mol. The van der Waals surface area contributed by atoms with E-state index < -0.39 is 76.0 Å². The number of β-lactam (4-membered cyclic amide) rings is 1. The molecule has 48 heavy (non-hydrogen) atoms. The topological polar surface area (TPSA) is 217 Å². The molecule has 2 atom stereocenters. The number of ketones is 1. The molecule has 20 heteroatoms. The first kappa shape index (κ1) is 36.3. The number of hydrogen-bond donors (Lipinski definition) is 3. The molecule has 0 spiro atoms. The van der Waals surface area contributed by atoms with Crippen molar-refractivity contribution < 1.29 is 59.8 Å². The van der Waals surface area contributed by atoms with E-state index in [2.05, 4.69) is 14.4 Å². The number of carboxylic acids is 1. The zero-order chi connectivity index (χ0) is 35.6. The summed E-state index contributed by atoms with van der Waals surface area (Å²) < 4.78 is 74.5. The highest BCUT2D eigenvalue weighted by molar-refractivity contribution is 7.80. The van der Waals surface area contributed by atoms with Crippen LogP contribution in [-0.2, 0) is 47.5 Å². The third-order valence-electron chi connectivity index (χ3n) is 7.47. The number of aromatic nitrogens is 3. The maximum atomic E-state index is 15.1. The number of aryl methyl sites for hydroxylation is 2. The number of hydroxylamine groups is 2. The van der Waals surface area contributed by atoms with Crippen molar-refractivity contribution in [3.63, 3.8) is 0 Å². The van der Waals surface area contributed by atoms with Crippen LogP contribution in [0.3, 0.4) is 0 Å². The van der Waals surface area contributed by atoms with Crippen LogP contribution < -0.4 is 15.2 Å². The molecule has 4 rings (SSSR count). The SMILES string of the molecule is CCCCn1cc(-c2c(F)cc(OC[C@H](O/N=C(\C(=O)C[C@@H]3C(=O)N(OS(=O)(=O)O)C3(C)C)c3csc(N)n3)C(=O)O)cc2F)c[n+]1C. The average Bonchev–Trinajstić information content (AvgIpc) is 3.58. The number of nitrogens with zero attached hydrogens (tertiary/aromatic N) is 5. The van der Waals surface area contributed by atoms with Gasteiger partial charge < -0.3 is 20.4 Å². The number of Topliss-reactive ketones (excluding diaryl/α,β-unsaturated/α-hetero) is 1. The quantitative estimate of drug-likeness (QED) is 0.0640. The van der Waals surface area contributed by atoms with Gasteiger partial charge in [0.15, 0.2) is 23.7 Å². The van der Waals surface area contributed by atoms with Gasteiger partial charge in [0.1, 0.15) is 29.7 Å². The van der Waals surface area contributed by atoms with Crippen molar-refractivity contribution in [2.45, 2.75) is 58.2 Å². The number of thiazole rings is 1. The zero-order valence-corrected chi connectivity index (χ0v) is 27.8. The maximum absolute atomic E-state index is 15.1. The molecule has 0 aliphatic carbocycles. The minimum absolute atomic E-state index is 0.0233. The molecule has 2 aromatic heterocycles. The number of nitrogens with two attached hydrogens (primary N) is 1. The molecular weight excluding hydrogens is 682 g/mol. The van der Waals surface area contributed by atoms with Gasteiger partial charge in [0.25, 0.3) is 12.0 Å². The second-order valence-electron chi connectivity index (χ2n) is 11.3. The highest BCUT2D eigenvalue weighted by Gasteiger charge is 2.57. The summed E-state index contributed by atoms with van der Waals surface area (Å²) in [6, 6.07) is 1.78. The summed E-state index contributed by atoms with van der Waals surface area (Å²) in [5.74, 6) is -6.78. The number of halogens is 2. The number of carbonyl (C=O) groups excluding carboxylic acids is 2. The number of hydrogen-bond acceptors (Lipinski definition) is 12. The number of nitrogen functional groups attached to an aromatic ring is 1. The van der Waals surface area contributed by atoms with E-state index in [-0.39, 0.29) is 22.1 Å². The monoisotopic (exact) mass is 715 g/mol. The molecule has 16 nitrogen and oxygen atoms in total. The van der Waals surface area contributed by atoms with Crippen molar-refractivity contribution in [3.05, 3.63) is 47.2 Å². The molecular formula is C28H33F2N6O10S2+. The van der Waals surface area contributed by atoms with Gasteiger partial charge in [-0.3, -0.25) is 14.1 Å². The summed E-state index contributed by atoms with van der Waals surface area (Å²) >= 11 is 0.925. The van der Waals surface area contributed by atoms with Crippen molar-refractivity contribution in [2.75, 3.05) is 12.3 Å². The van der Waals surface area contributed by atoms with Crippen molar-refractivity contribution in [1.82, 2.24) is 14.7 Å². The lowest BCUT2D eigenvalue weighted by Crippen LogP contribution is -2.68. The first-order chi connectivity index (χ1) is 22.4. The standard InChI is InChI=1S/C28H32F2N6O10S2/c1-5-6-7-35-12-15(11-34(35)4)23-18(29)8-16(9-19(23)30)44-13-22(26(39)40)45-33-24(20-14-47-27(31)32-20)21(37)10-17-25(38)36(28(17,2)3)46-48(41,42)43/h8-9,11-12,14,17,22H,5-7,10,13H2,1-4H3,(H3-,31,32,39,40,41,42,43)/p+1/b33-24-/t17-,22+/m1/s1. The van der Waals surface area contributed by atoms with Crippen LogP contribution in [0, 0.1) is 17.6 Å². The third-order valence-corrected chi connectivity index (χ3v) is 8.49. The highest BCUT2D eigenvalue weighted by Crippen LogP contribution is 2.40. The van der Waals surface area contributed by atoms with E-state index in [1.807, 2.05) is 11.6 Å². The number of benzene rings is 1. The summed E-state index contributed by atoms with van der Waals surface area (Å²) in [4.78, 5) is 46.9. The minimum atomic E-state index is -5.03. The molecule has 1 aliphatic rings. The first-order valence-corrected chi connectivity index (χ1v) is 16.6. The Kier molecular flexibility index (Phi) is 10.8. The van der Waals surface area contributed by atoms with Crippen LogP contribution in [0.15, 0.2) is 35.1 Å². The first-order valence-electron chi connectivity index (χ1n) is 14.3. The van der Waals surface area contributed by atoms with Crippen LogP contribution in [0.25, 0.3) is 11.1 Å². The Morgan fingerprint density at radius 1 is 1.27 bits per heavy atom. The molecule has 3 heterocycles. The summed E-state index contributed by atoms with van der Waals surface area (Å²) in [5, 5.41) is 15.1. The van der Waals surface area contributed by atoms with E-state index in [9.17, 15) is 27.9 Å². The number of oxime groups is 1. The minimum Gasteiger partial charge on any atom is -0.489 e. The van der Waals surface area contributed by atoms with Crippen LogP contribution in [0.4, 0.5) is 13.9 Å². The van der Waals surface area contributed by atoms with Gasteiger partial charge in [0.2, 0.25) is 6.20 Å². The van der Waals surface area contributed by atoms with Crippen molar-refractivity contribution in [1.29, 1.82) is 0 Å². The molecule has 0 radical (unpaired) electrons. The van der Waals surface area contributed by atoms with E-state index in [4.69, 9.17) is 19.9 Å². The normalized spacial score (nSPS) is 16.8. The number of amides is 1. The van der Waals surface area contributed by atoms with E-state index in [1.54, 1.807) is 24.1 Å². The van der Waals surface area contributed by atoms with Gasteiger partial charge in [-0.25, -0.2) is 18.6 Å². The van der Waals surface area contributed by atoms with Gasteiger partial charge in [-0.05, 0) is 20.3 Å². The summed E-state index contributed by atoms with van der Waals surface area (Å²) in [5.41, 5.74) is 3.67. The molecule has 4 N–H and O–H groups in total. The largest absolute Gasteiger partial charge is 0.489 e. The van der Waals surface area contributed by atoms with Crippen LogP contribution >= 0.6 is 11.3 Å². The lowest BCUT2D eigenvalue weighted by molar-refractivity contribution is -0.753. The Morgan fingerprint density at radius 3 is 2.48 bits per heavy atom. The summed E-state index contributed by atoms with van der Waals surface area (Å²) in [6.45, 7) is 4.64. The predicted octanol–water partition coefficient (Wildman–Crippen LogP) is 2.28. The molecule has 1 aliphatic heterocycles. The smallest absolute Gasteiger partial charge is 0.418 e. The molecule has 1 aromatic carbocycles. The number of unbranched alkanes of at least 4 members (excludes halogenated alkanes) is 1. The number of anilines is 1. The van der Waals surface area contributed by atoms with Crippen molar-refractivity contribution in [3.8, 4) is 16.9 Å². The molecule has 0 saturated carbocycles. The van der Waals surface area contributed by atoms with Crippen molar-refractivity contribution >= 4 is 50.2 Å². The Morgan fingerprint density at radius 2 is 1.94 bits per heavy atom. The Balaban J connectivity index is 1.50. The van der Waals surface area contributed by atoms with Gasteiger partial charge in [0, 0.05) is 23.9 Å². The fourth-order valence-electron chi connectivity index (χ4n) is 4.86. The number of carbonyl (C=O) groups is 3. The van der Waals surface area contributed by atoms with Gasteiger partial charge >= 0.3 is 16.4 Å². The number of ether oxygens (including phenoxy) is 1. The number of aliphatic carboxylic acids is 1. The van der Waals surface area contributed by atoms with E-state index in [1.165, 1.54) is 19.2 Å². The Hall–Kier alpha value is -4.53. The maximum Gasteiger partial charge on any atom is 0.418 e. The second-order valence-corrected chi connectivity index (χ2v) is 13.2. The molecule has 3 aromatic rings. The summed E-state index contributed by atoms with van der Waals surface area (Å²) in [7, 11) is -3.29. The van der Waals surface area contributed by atoms with Crippen LogP contribution in [-0.4, -0.2) is 74.4 Å². The van der Waals surface area contributed by atoms with E-state index in [0.29, 0.717) is 17.2 Å². The van der Waals surface area contributed by atoms with Gasteiger partial charge in [-0.2, -0.15) is 18.2 Å².